The molecule has 3 atom stereocenters. The van der Waals surface area contributed by atoms with Crippen molar-refractivity contribution in [2.45, 2.75) is 109 Å². The van der Waals surface area contributed by atoms with Crippen LogP contribution in [0.25, 0.3) is 23.0 Å². The van der Waals surface area contributed by atoms with Crippen LogP contribution in [0.1, 0.15) is 143 Å². The highest BCUT2D eigenvalue weighted by atomic mass is 35.5. The summed E-state index contributed by atoms with van der Waals surface area (Å²) in [6.07, 6.45) is 19.2. The lowest BCUT2D eigenvalue weighted by molar-refractivity contribution is -0.142. The summed E-state index contributed by atoms with van der Waals surface area (Å²) < 4.78 is 21.4. The van der Waals surface area contributed by atoms with Gasteiger partial charge in [-0.05, 0) is 159 Å². The number of rotatable bonds is 6. The topological polar surface area (TPSA) is 322 Å². The van der Waals surface area contributed by atoms with Crippen LogP contribution in [0.4, 0.5) is 9.59 Å². The number of halogens is 1. The van der Waals surface area contributed by atoms with E-state index in [-0.39, 0.29) is 36.4 Å². The molecule has 8 aromatic heterocycles. The molecule has 8 aromatic rings. The third-order valence-corrected chi connectivity index (χ3v) is 12.8. The molecule has 11 heterocycles. The van der Waals surface area contributed by atoms with Crippen molar-refractivity contribution in [2.24, 2.45) is 10.9 Å². The summed E-state index contributed by atoms with van der Waals surface area (Å²) in [5.74, 6) is 19.1. The minimum Gasteiger partial charge on any atom is -0.480 e. The molecule has 458 valence electrons. The Morgan fingerprint density at radius 2 is 1.02 bits per heavy atom. The molecule has 0 aliphatic carbocycles. The quantitative estimate of drug-likeness (QED) is 0.0396. The van der Waals surface area contributed by atoms with E-state index in [0.29, 0.717) is 60.0 Å². The number of hydrogen-bond acceptors (Lipinski definition) is 20. The summed E-state index contributed by atoms with van der Waals surface area (Å²) in [6, 6.07) is 21.0. The number of oxime groups is 1. The second-order valence-electron chi connectivity index (χ2n) is 21.8. The molecule has 25 heteroatoms. The number of nitrogens with zero attached hydrogens (tertiary/aromatic N) is 13. The number of nitrogens with two attached hydrogens (primary N) is 1. The lowest BCUT2D eigenvalue weighted by Crippen LogP contribution is -2.43. The highest BCUT2D eigenvalue weighted by Gasteiger charge is 2.38. The van der Waals surface area contributed by atoms with E-state index >= 15 is 0 Å². The molecule has 3 aliphatic heterocycles. The van der Waals surface area contributed by atoms with E-state index in [0.717, 1.165) is 72.0 Å². The van der Waals surface area contributed by atoms with Gasteiger partial charge in [0.2, 0.25) is 23.4 Å². The SMILES string of the molecule is C(#Cc1ccc(-c2noc(C3CCCN3)n2)nc1)c1ccncc1.CC(C)(C)OC(=O)N1CCCC1C(=O)O.CC(C)(C)OC(=O)N1CCCC1c1nc(-c2ccc(C#Cc3ccncc3)cn2)no1.Cl.N/C(=N\O)c1ccc(C#Cc2ccncc2)cn1. The number of nitrogens with one attached hydrogen (secondary N) is 1. The van der Waals surface area contributed by atoms with E-state index in [1.165, 1.54) is 4.90 Å². The van der Waals surface area contributed by atoms with E-state index < -0.39 is 29.3 Å². The second-order valence-corrected chi connectivity index (χ2v) is 21.8. The van der Waals surface area contributed by atoms with Crippen LogP contribution in [0.15, 0.2) is 143 Å². The molecule has 0 radical (unpaired) electrons. The number of carbonyl (C=O) groups excluding carboxylic acids is 2. The number of amides is 2. The fourth-order valence-corrected chi connectivity index (χ4v) is 8.59. The molecule has 3 fully saturated rings. The maximum absolute atomic E-state index is 12.5. The van der Waals surface area contributed by atoms with Crippen LogP contribution < -0.4 is 11.1 Å². The number of likely N-dealkylation sites (tertiary alicyclic amines) is 2. The van der Waals surface area contributed by atoms with E-state index in [1.807, 2.05) is 75.4 Å². The van der Waals surface area contributed by atoms with Gasteiger partial charge in [-0.25, -0.2) is 14.4 Å². The fraction of sp³-hybridized carbons (Fsp3) is 0.312. The first-order chi connectivity index (χ1) is 42.4. The Hall–Kier alpha value is -10.6. The van der Waals surface area contributed by atoms with Gasteiger partial charge in [0, 0.05) is 102 Å². The summed E-state index contributed by atoms with van der Waals surface area (Å²) in [4.78, 5) is 71.5. The lowest BCUT2D eigenvalue weighted by atomic mass is 10.2. The Balaban J connectivity index is 0.000000175. The summed E-state index contributed by atoms with van der Waals surface area (Å²) in [5, 5.41) is 31.7. The third-order valence-electron chi connectivity index (χ3n) is 12.8. The van der Waals surface area contributed by atoms with Crippen LogP contribution in [-0.4, -0.2) is 131 Å². The van der Waals surface area contributed by atoms with Crippen molar-refractivity contribution in [3.63, 3.8) is 0 Å². The lowest BCUT2D eigenvalue weighted by Gasteiger charge is -2.26. The van der Waals surface area contributed by atoms with Crippen molar-refractivity contribution >= 4 is 36.4 Å². The molecule has 2 amide bonds. The predicted octanol–water partition coefficient (Wildman–Crippen LogP) is 9.21. The molecule has 3 aliphatic rings. The van der Waals surface area contributed by atoms with Gasteiger partial charge >= 0.3 is 18.2 Å². The Bertz CT molecular complexity index is 3820. The van der Waals surface area contributed by atoms with Crippen LogP contribution in [0, 0.1) is 35.5 Å². The van der Waals surface area contributed by atoms with Crippen LogP contribution >= 0.6 is 12.4 Å². The average molecular weight is 1220 g/mol. The number of ether oxygens (including phenoxy) is 2. The number of amidine groups is 1. The summed E-state index contributed by atoms with van der Waals surface area (Å²) >= 11 is 0. The standard InChI is InChI=1S/C23H23N5O3.C18H15N5O.C13H10N4O.C10H17NO4.ClH/c1-23(2,3)30-22(29)28-14-4-5-19(28)21-26-20(27-31-21)18-9-8-17(15-25-18)7-6-16-10-12-24-13-11-16;1-2-16(20-9-1)18-22-17(23-24-18)15-6-5-14(12-21-15)4-3-13-7-10-19-11-8-13;14-13(17-18)12-4-3-11(9-16-12)2-1-10-5-7-15-8-6-10;1-10(2,3)15-9(14)11-6-4-5-7(11)8(12)13;/h8-13,15,19H,4-5,14H2,1-3H3;5-8,10-12,16,20H,1-2,9H2;3-9,18H,(H2,14,17);7H,4-6H2,1-3H3,(H,12,13);1H. The van der Waals surface area contributed by atoms with Crippen LogP contribution in [0.3, 0.4) is 0 Å². The number of aliphatic carboxylic acids is 1. The number of pyridine rings is 6. The Labute approximate surface area is 520 Å². The maximum atomic E-state index is 12.5. The first-order valence-corrected chi connectivity index (χ1v) is 28.1. The fourth-order valence-electron chi connectivity index (χ4n) is 8.59. The molecular formula is C64H66ClN15O9. The van der Waals surface area contributed by atoms with Crippen molar-refractivity contribution in [3.05, 3.63) is 179 Å². The Morgan fingerprint density at radius 1 is 0.584 bits per heavy atom. The molecule has 89 heavy (non-hydrogen) atoms. The van der Waals surface area contributed by atoms with E-state index in [1.54, 1.807) is 99.6 Å². The molecule has 0 bridgehead atoms. The van der Waals surface area contributed by atoms with Gasteiger partial charge in [0.25, 0.3) is 0 Å². The number of hydrogen-bond donors (Lipinski definition) is 4. The minimum atomic E-state index is -0.960. The Kier molecular flexibility index (Phi) is 23.5. The van der Waals surface area contributed by atoms with Gasteiger partial charge < -0.3 is 39.9 Å². The van der Waals surface area contributed by atoms with Crippen LogP contribution in [0.5, 0.6) is 0 Å². The largest absolute Gasteiger partial charge is 0.480 e. The number of carboxylic acid groups (broad SMARTS) is 1. The molecular weight excluding hydrogens is 1160 g/mol. The second kappa shape index (κ2) is 31.7. The Morgan fingerprint density at radius 3 is 1.45 bits per heavy atom. The zero-order valence-electron chi connectivity index (χ0n) is 49.8. The summed E-state index contributed by atoms with van der Waals surface area (Å²) in [6.45, 7) is 12.9. The number of aromatic nitrogens is 10. The molecule has 0 saturated carbocycles. The molecule has 24 nitrogen and oxygen atoms in total. The van der Waals surface area contributed by atoms with Gasteiger partial charge in [-0.1, -0.05) is 51.0 Å². The smallest absolute Gasteiger partial charge is 0.411 e. The van der Waals surface area contributed by atoms with E-state index in [4.69, 9.17) is 34.6 Å². The molecule has 0 spiro atoms. The first-order valence-electron chi connectivity index (χ1n) is 28.1. The van der Waals surface area contributed by atoms with Crippen LogP contribution in [0.2, 0.25) is 0 Å². The van der Waals surface area contributed by atoms with Crippen molar-refractivity contribution in [1.82, 2.24) is 65.3 Å². The van der Waals surface area contributed by atoms with Crippen molar-refractivity contribution in [2.75, 3.05) is 19.6 Å². The van der Waals surface area contributed by atoms with E-state index in [2.05, 4.69) is 96.2 Å². The minimum absolute atomic E-state index is 0. The normalized spacial score (nSPS) is 15.8. The average Bonchev–Trinajstić information content (AvgIpc) is 3.64. The van der Waals surface area contributed by atoms with Gasteiger partial charge in [0.05, 0.1) is 6.04 Å². The number of carboxylic acids is 1. The molecule has 5 N–H and O–H groups in total. The van der Waals surface area contributed by atoms with Gasteiger partial charge in [-0.15, -0.1) is 12.4 Å². The number of carbonyl (C=O) groups is 3. The molecule has 11 rings (SSSR count). The van der Waals surface area contributed by atoms with Gasteiger partial charge in [0.15, 0.2) is 5.84 Å². The zero-order chi connectivity index (χ0) is 62.5. The first kappa shape index (κ1) is 65.9. The van der Waals surface area contributed by atoms with Gasteiger partial charge in [-0.3, -0.25) is 39.7 Å². The highest BCUT2D eigenvalue weighted by Crippen LogP contribution is 2.33. The van der Waals surface area contributed by atoms with Crippen molar-refractivity contribution in [1.29, 1.82) is 0 Å². The summed E-state index contributed by atoms with van der Waals surface area (Å²) in [7, 11) is 0. The summed E-state index contributed by atoms with van der Waals surface area (Å²) in [5.41, 5.74) is 11.0. The molecule has 3 saturated heterocycles. The maximum Gasteiger partial charge on any atom is 0.411 e. The zero-order valence-corrected chi connectivity index (χ0v) is 50.6. The highest BCUT2D eigenvalue weighted by molar-refractivity contribution is 5.95. The predicted molar refractivity (Wildman–Crippen MR) is 328 cm³/mol. The van der Waals surface area contributed by atoms with Gasteiger partial charge in [0.1, 0.15) is 40.4 Å². The molecule has 0 aromatic carbocycles. The van der Waals surface area contributed by atoms with Crippen LogP contribution in [-0.2, 0) is 14.3 Å². The molecule has 3 unspecified atom stereocenters. The van der Waals surface area contributed by atoms with Crippen molar-refractivity contribution < 1.29 is 43.2 Å². The van der Waals surface area contributed by atoms with E-state index in [9.17, 15) is 14.4 Å². The monoisotopic (exact) mass is 1220 g/mol. The third kappa shape index (κ3) is 20.2. The van der Waals surface area contributed by atoms with Crippen molar-refractivity contribution in [3.8, 4) is 58.6 Å². The van der Waals surface area contributed by atoms with Gasteiger partial charge in [-0.2, -0.15) is 9.97 Å².